The molecule has 0 saturated heterocycles. The van der Waals surface area contributed by atoms with Crippen molar-refractivity contribution in [2.75, 3.05) is 0 Å². The maximum Gasteiger partial charge on any atom is 0.0979 e. The van der Waals surface area contributed by atoms with Crippen molar-refractivity contribution >= 4 is 0 Å². The Bertz CT molecular complexity index is 371. The van der Waals surface area contributed by atoms with Gasteiger partial charge >= 0.3 is 0 Å². The van der Waals surface area contributed by atoms with Crippen LogP contribution in [0.4, 0.5) is 0 Å². The molecular weight excluding hydrogens is 222 g/mol. The molecule has 1 aromatic carbocycles. The molecule has 18 heavy (non-hydrogen) atoms. The Morgan fingerprint density at radius 3 is 2.67 bits per heavy atom. The van der Waals surface area contributed by atoms with Crippen molar-refractivity contribution in [1.82, 2.24) is 0 Å². The summed E-state index contributed by atoms with van der Waals surface area (Å²) in [5, 5.41) is 0. The minimum Gasteiger partial charge on any atom is -0.369 e. The van der Waals surface area contributed by atoms with Crippen LogP contribution in [0.1, 0.15) is 56.3 Å². The van der Waals surface area contributed by atoms with Crippen LogP contribution in [0, 0.1) is 6.92 Å². The average Bonchev–Trinajstić information content (AvgIpc) is 2.88. The number of hydrogen-bond donors (Lipinski definition) is 1. The zero-order valence-electron chi connectivity index (χ0n) is 11.6. The van der Waals surface area contributed by atoms with Gasteiger partial charge in [-0.2, -0.15) is 0 Å². The molecule has 1 aliphatic rings. The Labute approximate surface area is 111 Å². The Morgan fingerprint density at radius 1 is 1.33 bits per heavy atom. The second kappa shape index (κ2) is 6.35. The first kappa shape index (κ1) is 13.6. The third kappa shape index (κ3) is 3.33. The van der Waals surface area contributed by atoms with E-state index in [4.69, 9.17) is 10.5 Å². The highest BCUT2D eigenvalue weighted by molar-refractivity contribution is 5.25. The fourth-order valence-electron chi connectivity index (χ4n) is 2.72. The molecule has 2 heteroatoms. The summed E-state index contributed by atoms with van der Waals surface area (Å²) in [6, 6.07) is 8.65. The molecular formula is C16H25NO. The first-order valence-corrected chi connectivity index (χ1v) is 7.18. The van der Waals surface area contributed by atoms with E-state index < -0.39 is 0 Å². The Balaban J connectivity index is 2.13. The molecule has 1 aromatic rings. The van der Waals surface area contributed by atoms with Crippen LogP contribution in [-0.4, -0.2) is 12.1 Å². The third-order valence-corrected chi connectivity index (χ3v) is 3.87. The van der Waals surface area contributed by atoms with Crippen molar-refractivity contribution in [3.8, 4) is 0 Å². The number of aryl methyl sites for hydroxylation is 1. The minimum absolute atomic E-state index is 0.0537. The standard InChI is InChI=1S/C16H25NO/c1-3-15(17)16(18-14-9-4-5-10-14)13-8-6-7-12(2)11-13/h6-8,11,14-16H,3-5,9-10,17H2,1-2H3. The van der Waals surface area contributed by atoms with Gasteiger partial charge in [-0.15, -0.1) is 0 Å². The lowest BCUT2D eigenvalue weighted by atomic mass is 9.99. The van der Waals surface area contributed by atoms with Gasteiger partial charge in [0.2, 0.25) is 0 Å². The second-order valence-corrected chi connectivity index (χ2v) is 5.45. The zero-order valence-corrected chi connectivity index (χ0v) is 11.6. The van der Waals surface area contributed by atoms with Crippen molar-refractivity contribution in [3.63, 3.8) is 0 Å². The summed E-state index contributed by atoms with van der Waals surface area (Å²) in [6.07, 6.45) is 6.40. The molecule has 2 N–H and O–H groups in total. The summed E-state index contributed by atoms with van der Waals surface area (Å²) in [7, 11) is 0. The van der Waals surface area contributed by atoms with Crippen LogP contribution < -0.4 is 5.73 Å². The van der Waals surface area contributed by atoms with Crippen LogP contribution >= 0.6 is 0 Å². The molecule has 0 bridgehead atoms. The summed E-state index contributed by atoms with van der Waals surface area (Å²) in [5.41, 5.74) is 8.76. The molecule has 0 aromatic heterocycles. The van der Waals surface area contributed by atoms with Crippen LogP contribution in [-0.2, 0) is 4.74 Å². The average molecular weight is 247 g/mol. The molecule has 1 saturated carbocycles. The predicted molar refractivity (Wildman–Crippen MR) is 75.5 cm³/mol. The molecule has 2 rings (SSSR count). The van der Waals surface area contributed by atoms with Crippen molar-refractivity contribution in [2.45, 2.75) is 64.2 Å². The van der Waals surface area contributed by atoms with Gasteiger partial charge in [0, 0.05) is 6.04 Å². The monoisotopic (exact) mass is 247 g/mol. The summed E-state index contributed by atoms with van der Waals surface area (Å²) in [6.45, 7) is 4.25. The topological polar surface area (TPSA) is 35.2 Å². The van der Waals surface area contributed by atoms with E-state index >= 15 is 0 Å². The molecule has 1 fully saturated rings. The molecule has 0 spiro atoms. The highest BCUT2D eigenvalue weighted by Crippen LogP contribution is 2.30. The van der Waals surface area contributed by atoms with Gasteiger partial charge in [-0.3, -0.25) is 0 Å². The fourth-order valence-corrected chi connectivity index (χ4v) is 2.72. The van der Waals surface area contributed by atoms with E-state index in [0.29, 0.717) is 6.10 Å². The number of rotatable bonds is 5. The maximum absolute atomic E-state index is 6.28. The Morgan fingerprint density at radius 2 is 2.06 bits per heavy atom. The number of benzene rings is 1. The van der Waals surface area contributed by atoms with Crippen molar-refractivity contribution in [2.24, 2.45) is 5.73 Å². The van der Waals surface area contributed by atoms with Gasteiger partial charge in [0.25, 0.3) is 0 Å². The van der Waals surface area contributed by atoms with E-state index in [9.17, 15) is 0 Å². The molecule has 1 aliphatic carbocycles. The van der Waals surface area contributed by atoms with Crippen LogP contribution in [0.3, 0.4) is 0 Å². The van der Waals surface area contributed by atoms with Gasteiger partial charge < -0.3 is 10.5 Å². The van der Waals surface area contributed by atoms with E-state index in [2.05, 4.69) is 38.1 Å². The third-order valence-electron chi connectivity index (χ3n) is 3.87. The van der Waals surface area contributed by atoms with Gasteiger partial charge in [-0.25, -0.2) is 0 Å². The lowest BCUT2D eigenvalue weighted by molar-refractivity contribution is -0.0237. The highest BCUT2D eigenvalue weighted by atomic mass is 16.5. The molecule has 2 atom stereocenters. The first-order chi connectivity index (χ1) is 8.70. The Hall–Kier alpha value is -0.860. The second-order valence-electron chi connectivity index (χ2n) is 5.45. The van der Waals surface area contributed by atoms with Crippen LogP contribution in [0.15, 0.2) is 24.3 Å². The smallest absolute Gasteiger partial charge is 0.0979 e. The quantitative estimate of drug-likeness (QED) is 0.860. The molecule has 0 amide bonds. The largest absolute Gasteiger partial charge is 0.369 e. The van der Waals surface area contributed by atoms with E-state index in [1.807, 2.05) is 0 Å². The van der Waals surface area contributed by atoms with Crippen molar-refractivity contribution in [1.29, 1.82) is 0 Å². The highest BCUT2D eigenvalue weighted by Gasteiger charge is 2.25. The van der Waals surface area contributed by atoms with Crippen LogP contribution in [0.25, 0.3) is 0 Å². The summed E-state index contributed by atoms with van der Waals surface area (Å²) in [4.78, 5) is 0. The van der Waals surface area contributed by atoms with Gasteiger partial charge in [0.15, 0.2) is 0 Å². The Kier molecular flexibility index (Phi) is 4.79. The molecule has 0 aliphatic heterocycles. The first-order valence-electron chi connectivity index (χ1n) is 7.18. The molecule has 2 unspecified atom stereocenters. The summed E-state index contributed by atoms with van der Waals surface area (Å²) in [5.74, 6) is 0. The van der Waals surface area contributed by atoms with Gasteiger partial charge in [0.1, 0.15) is 0 Å². The predicted octanol–water partition coefficient (Wildman–Crippen LogP) is 3.73. The van der Waals surface area contributed by atoms with Crippen molar-refractivity contribution in [3.05, 3.63) is 35.4 Å². The lowest BCUT2D eigenvalue weighted by Gasteiger charge is -2.27. The van der Waals surface area contributed by atoms with E-state index in [0.717, 1.165) is 6.42 Å². The van der Waals surface area contributed by atoms with Gasteiger partial charge in [-0.05, 0) is 31.7 Å². The fraction of sp³-hybridized carbons (Fsp3) is 0.625. The molecule has 100 valence electrons. The SMILES string of the molecule is CCC(N)C(OC1CCCC1)c1cccc(C)c1. The summed E-state index contributed by atoms with van der Waals surface area (Å²) < 4.78 is 6.28. The van der Waals surface area contributed by atoms with Crippen LogP contribution in [0.2, 0.25) is 0 Å². The molecule has 2 nitrogen and oxygen atoms in total. The zero-order chi connectivity index (χ0) is 13.0. The summed E-state index contributed by atoms with van der Waals surface area (Å²) >= 11 is 0. The van der Waals surface area contributed by atoms with Crippen LogP contribution in [0.5, 0.6) is 0 Å². The van der Waals surface area contributed by atoms with E-state index in [1.54, 1.807) is 0 Å². The molecule has 0 heterocycles. The molecule has 0 radical (unpaired) electrons. The van der Waals surface area contributed by atoms with Gasteiger partial charge in [-0.1, -0.05) is 49.6 Å². The lowest BCUT2D eigenvalue weighted by Crippen LogP contribution is -2.31. The minimum atomic E-state index is 0.0537. The van der Waals surface area contributed by atoms with E-state index in [1.165, 1.54) is 36.8 Å². The number of hydrogen-bond acceptors (Lipinski definition) is 2. The number of ether oxygens (including phenoxy) is 1. The van der Waals surface area contributed by atoms with E-state index in [-0.39, 0.29) is 12.1 Å². The van der Waals surface area contributed by atoms with Crippen molar-refractivity contribution < 1.29 is 4.74 Å². The normalized spacial score (nSPS) is 19.9. The van der Waals surface area contributed by atoms with Gasteiger partial charge in [0.05, 0.1) is 12.2 Å². The number of nitrogens with two attached hydrogens (primary N) is 1. The maximum atomic E-state index is 6.28.